The molecule has 2 aromatic rings. The average Bonchev–Trinajstić information content (AvgIpc) is 2.80. The molecule has 0 aliphatic heterocycles. The second kappa shape index (κ2) is 4.64. The first-order valence-corrected chi connectivity index (χ1v) is 7.32. The Morgan fingerprint density at radius 3 is 2.50 bits per heavy atom. The lowest BCUT2D eigenvalue weighted by Gasteiger charge is -1.98. The number of thioether (sulfide) groups is 1. The highest BCUT2D eigenvalue weighted by Gasteiger charge is 2.14. The molecule has 0 radical (unpaired) electrons. The summed E-state index contributed by atoms with van der Waals surface area (Å²) in [7, 11) is 1.88. The summed E-state index contributed by atoms with van der Waals surface area (Å²) >= 11 is 4.66. The number of nitrogens with zero attached hydrogens (tertiary/aromatic N) is 4. The van der Waals surface area contributed by atoms with Gasteiger partial charge in [-0.2, -0.15) is 5.10 Å². The van der Waals surface area contributed by atoms with Gasteiger partial charge in [-0.25, -0.2) is 0 Å². The third-order valence-electron chi connectivity index (χ3n) is 1.96. The number of aryl methyl sites for hydroxylation is 2. The van der Waals surface area contributed by atoms with E-state index < -0.39 is 0 Å². The Morgan fingerprint density at radius 1 is 1.31 bits per heavy atom. The van der Waals surface area contributed by atoms with Gasteiger partial charge >= 0.3 is 0 Å². The smallest absolute Gasteiger partial charge is 0.181 e. The molecule has 0 fully saturated rings. The number of nitrogen functional groups attached to an aromatic ring is 1. The van der Waals surface area contributed by atoms with Crippen LogP contribution in [0.2, 0.25) is 0 Å². The molecule has 0 saturated heterocycles. The maximum Gasteiger partial charge on any atom is 0.181 e. The number of hydrogen-bond donors (Lipinski definition) is 1. The van der Waals surface area contributed by atoms with Crippen LogP contribution in [0.4, 0.5) is 5.69 Å². The quantitative estimate of drug-likeness (QED) is 0.863. The standard InChI is InChI=1S/C8H11N5S3/c1-4-5(9)6(13(2)12-4)15-8-11-10-7(14-3)16-8/h9H2,1-3H3. The number of hydrogen-bond acceptors (Lipinski definition) is 7. The third-order valence-corrected chi connectivity index (χ3v) is 5.09. The van der Waals surface area contributed by atoms with Gasteiger partial charge in [-0.05, 0) is 24.9 Å². The highest BCUT2D eigenvalue weighted by molar-refractivity contribution is 8.03. The van der Waals surface area contributed by atoms with Gasteiger partial charge in [0, 0.05) is 7.05 Å². The summed E-state index contributed by atoms with van der Waals surface area (Å²) in [5.41, 5.74) is 7.50. The number of nitrogens with two attached hydrogens (primary N) is 1. The Balaban J connectivity index is 2.26. The normalized spacial score (nSPS) is 10.9. The van der Waals surface area contributed by atoms with Crippen LogP contribution in [0.15, 0.2) is 13.7 Å². The largest absolute Gasteiger partial charge is 0.395 e. The monoisotopic (exact) mass is 273 g/mol. The molecule has 2 rings (SSSR count). The van der Waals surface area contributed by atoms with Crippen molar-refractivity contribution in [3.05, 3.63) is 5.69 Å². The molecule has 0 amide bonds. The third kappa shape index (κ3) is 2.18. The van der Waals surface area contributed by atoms with Crippen LogP contribution in [0.25, 0.3) is 0 Å². The molecule has 16 heavy (non-hydrogen) atoms. The van der Waals surface area contributed by atoms with Crippen LogP contribution in [0.1, 0.15) is 5.69 Å². The minimum Gasteiger partial charge on any atom is -0.395 e. The van der Waals surface area contributed by atoms with Gasteiger partial charge in [0.05, 0.1) is 11.4 Å². The summed E-state index contributed by atoms with van der Waals surface area (Å²) in [5, 5.41) is 13.3. The van der Waals surface area contributed by atoms with Crippen molar-refractivity contribution in [3.63, 3.8) is 0 Å². The first-order chi connectivity index (χ1) is 7.61. The lowest BCUT2D eigenvalue weighted by Crippen LogP contribution is -1.93. The van der Waals surface area contributed by atoms with E-state index in [-0.39, 0.29) is 0 Å². The molecule has 0 unspecified atom stereocenters. The molecular formula is C8H11N5S3. The van der Waals surface area contributed by atoms with E-state index in [1.165, 1.54) is 11.8 Å². The van der Waals surface area contributed by atoms with Crippen LogP contribution in [0, 0.1) is 6.92 Å². The molecule has 2 aromatic heterocycles. The Bertz CT molecular complexity index is 504. The predicted molar refractivity (Wildman–Crippen MR) is 68.2 cm³/mol. The van der Waals surface area contributed by atoms with E-state index in [1.54, 1.807) is 27.8 Å². The Hall–Kier alpha value is -0.730. The van der Waals surface area contributed by atoms with Crippen LogP contribution >= 0.6 is 34.9 Å². The maximum atomic E-state index is 5.94. The van der Waals surface area contributed by atoms with Crippen LogP contribution in [-0.2, 0) is 7.05 Å². The predicted octanol–water partition coefficient (Wildman–Crippen LogP) is 2.04. The van der Waals surface area contributed by atoms with Crippen molar-refractivity contribution in [2.75, 3.05) is 12.0 Å². The maximum absolute atomic E-state index is 5.94. The number of rotatable bonds is 3. The van der Waals surface area contributed by atoms with E-state index in [4.69, 9.17) is 5.73 Å². The molecule has 0 aromatic carbocycles. The summed E-state index contributed by atoms with van der Waals surface area (Å²) in [6.07, 6.45) is 1.98. The molecule has 0 bridgehead atoms. The molecule has 0 saturated carbocycles. The number of aromatic nitrogens is 4. The van der Waals surface area contributed by atoms with Gasteiger partial charge in [0.2, 0.25) is 0 Å². The second-order valence-electron chi connectivity index (χ2n) is 3.07. The van der Waals surface area contributed by atoms with Crippen LogP contribution in [-0.4, -0.2) is 26.2 Å². The molecule has 0 aliphatic carbocycles. The van der Waals surface area contributed by atoms with Gasteiger partial charge in [0.25, 0.3) is 0 Å². The van der Waals surface area contributed by atoms with E-state index in [2.05, 4.69) is 15.3 Å². The molecule has 2 heterocycles. The van der Waals surface area contributed by atoms with Crippen molar-refractivity contribution in [3.8, 4) is 0 Å². The minimum atomic E-state index is 0.716. The van der Waals surface area contributed by atoms with Gasteiger partial charge in [-0.3, -0.25) is 4.68 Å². The summed E-state index contributed by atoms with van der Waals surface area (Å²) < 4.78 is 3.62. The summed E-state index contributed by atoms with van der Waals surface area (Å²) in [6.45, 7) is 1.90. The second-order valence-corrected chi connectivity index (χ2v) is 6.33. The Morgan fingerprint density at radius 2 is 2.00 bits per heavy atom. The highest BCUT2D eigenvalue weighted by Crippen LogP contribution is 2.36. The highest BCUT2D eigenvalue weighted by atomic mass is 32.2. The molecule has 8 heteroatoms. The van der Waals surface area contributed by atoms with Crippen LogP contribution < -0.4 is 5.73 Å². The fourth-order valence-electron chi connectivity index (χ4n) is 1.18. The van der Waals surface area contributed by atoms with Crippen molar-refractivity contribution in [2.45, 2.75) is 20.6 Å². The molecule has 5 nitrogen and oxygen atoms in total. The van der Waals surface area contributed by atoms with E-state index in [0.29, 0.717) is 5.69 Å². The van der Waals surface area contributed by atoms with E-state index in [1.807, 2.05) is 20.2 Å². The van der Waals surface area contributed by atoms with Crippen molar-refractivity contribution in [1.82, 2.24) is 20.0 Å². The SMILES string of the molecule is CSc1nnc(Sc2c(N)c(C)nn2C)s1. The fourth-order valence-corrected chi connectivity index (χ4v) is 3.66. The van der Waals surface area contributed by atoms with Gasteiger partial charge in [0.1, 0.15) is 5.03 Å². The van der Waals surface area contributed by atoms with Crippen LogP contribution in [0.5, 0.6) is 0 Å². The van der Waals surface area contributed by atoms with Crippen molar-refractivity contribution in [2.24, 2.45) is 7.05 Å². The van der Waals surface area contributed by atoms with E-state index >= 15 is 0 Å². The molecule has 2 N–H and O–H groups in total. The van der Waals surface area contributed by atoms with Crippen molar-refractivity contribution in [1.29, 1.82) is 0 Å². The van der Waals surface area contributed by atoms with Crippen LogP contribution in [0.3, 0.4) is 0 Å². The zero-order valence-corrected chi connectivity index (χ0v) is 11.5. The van der Waals surface area contributed by atoms with Gasteiger partial charge in [-0.15, -0.1) is 10.2 Å². The topological polar surface area (TPSA) is 69.6 Å². The summed E-state index contributed by atoms with van der Waals surface area (Å²) in [4.78, 5) is 0. The summed E-state index contributed by atoms with van der Waals surface area (Å²) in [6, 6.07) is 0. The van der Waals surface area contributed by atoms with E-state index in [0.717, 1.165) is 19.4 Å². The molecule has 0 spiro atoms. The van der Waals surface area contributed by atoms with Gasteiger partial charge < -0.3 is 5.73 Å². The fraction of sp³-hybridized carbons (Fsp3) is 0.375. The Kier molecular flexibility index (Phi) is 3.41. The lowest BCUT2D eigenvalue weighted by molar-refractivity contribution is 0.693. The first kappa shape index (κ1) is 11.7. The molecule has 86 valence electrons. The first-order valence-electron chi connectivity index (χ1n) is 4.46. The lowest BCUT2D eigenvalue weighted by atomic mass is 10.4. The zero-order valence-electron chi connectivity index (χ0n) is 9.09. The minimum absolute atomic E-state index is 0.716. The zero-order chi connectivity index (χ0) is 11.7. The number of anilines is 1. The van der Waals surface area contributed by atoms with Crippen molar-refractivity contribution >= 4 is 40.5 Å². The van der Waals surface area contributed by atoms with Crippen molar-refractivity contribution < 1.29 is 0 Å². The molecule has 0 aliphatic rings. The van der Waals surface area contributed by atoms with E-state index in [9.17, 15) is 0 Å². The van der Waals surface area contributed by atoms with Gasteiger partial charge in [0.15, 0.2) is 8.68 Å². The summed E-state index contributed by atoms with van der Waals surface area (Å²) in [5.74, 6) is 0. The Labute approximate surface area is 106 Å². The molecular weight excluding hydrogens is 262 g/mol. The average molecular weight is 273 g/mol. The molecule has 0 atom stereocenters. The van der Waals surface area contributed by atoms with Gasteiger partial charge in [-0.1, -0.05) is 23.1 Å².